The van der Waals surface area contributed by atoms with E-state index in [1.54, 1.807) is 11.8 Å². The average molecular weight is 440 g/mol. The minimum absolute atomic E-state index is 0.208. The van der Waals surface area contributed by atoms with Gasteiger partial charge in [0, 0.05) is 0 Å². The largest absolute Gasteiger partial charge is 0.465 e. The van der Waals surface area contributed by atoms with E-state index >= 15 is 0 Å². The van der Waals surface area contributed by atoms with Gasteiger partial charge in [-0.05, 0) is 37.1 Å². The zero-order chi connectivity index (χ0) is 22.9. The number of amides is 1. The highest BCUT2D eigenvalue weighted by molar-refractivity contribution is 6.08. The molecule has 0 aliphatic carbocycles. The molecule has 6 nitrogen and oxygen atoms in total. The van der Waals surface area contributed by atoms with Gasteiger partial charge in [0.15, 0.2) is 5.92 Å². The molecule has 4 aromatic rings. The van der Waals surface area contributed by atoms with E-state index in [-0.39, 0.29) is 12.5 Å². The molecule has 0 unspecified atom stereocenters. The quantitative estimate of drug-likeness (QED) is 0.335. The molecule has 5 rings (SSSR count). The van der Waals surface area contributed by atoms with Gasteiger partial charge in [0.1, 0.15) is 0 Å². The number of anilines is 1. The first-order valence-corrected chi connectivity index (χ1v) is 11.1. The molecule has 1 amide bonds. The van der Waals surface area contributed by atoms with Crippen LogP contribution < -0.4 is 4.90 Å². The van der Waals surface area contributed by atoms with Gasteiger partial charge in [0.05, 0.1) is 30.2 Å². The summed E-state index contributed by atoms with van der Waals surface area (Å²) in [5, 5.41) is 0. The number of esters is 1. The lowest BCUT2D eigenvalue weighted by atomic mass is 9.88. The van der Waals surface area contributed by atoms with Crippen molar-refractivity contribution in [3.63, 3.8) is 0 Å². The number of carbonyl (C=O) groups excluding carboxylic acids is 2. The number of carbonyl (C=O) groups is 2. The lowest BCUT2D eigenvalue weighted by Gasteiger charge is -2.38. The van der Waals surface area contributed by atoms with Crippen molar-refractivity contribution >= 4 is 28.9 Å². The van der Waals surface area contributed by atoms with Gasteiger partial charge in [0.25, 0.3) is 0 Å². The van der Waals surface area contributed by atoms with Crippen molar-refractivity contribution in [1.29, 1.82) is 0 Å². The Labute approximate surface area is 192 Å². The molecule has 33 heavy (non-hydrogen) atoms. The summed E-state index contributed by atoms with van der Waals surface area (Å²) in [6.45, 7) is 4.29. The molecule has 0 saturated heterocycles. The van der Waals surface area contributed by atoms with Gasteiger partial charge in [-0.3, -0.25) is 14.5 Å². The number of imidazole rings is 1. The summed E-state index contributed by atoms with van der Waals surface area (Å²) in [6, 6.07) is 24.9. The summed E-state index contributed by atoms with van der Waals surface area (Å²) < 4.78 is 7.44. The minimum Gasteiger partial charge on any atom is -0.465 e. The Bertz CT molecular complexity index is 1330. The molecule has 0 bridgehead atoms. The molecule has 0 N–H and O–H groups in total. The summed E-state index contributed by atoms with van der Waals surface area (Å²) >= 11 is 0. The number of nitrogens with zero attached hydrogens (tertiary/aromatic N) is 3. The molecular weight excluding hydrogens is 414 g/mol. The van der Waals surface area contributed by atoms with Gasteiger partial charge < -0.3 is 9.30 Å². The van der Waals surface area contributed by atoms with E-state index < -0.39 is 17.9 Å². The molecule has 2 atom stereocenters. The molecule has 1 aliphatic rings. The van der Waals surface area contributed by atoms with Crippen LogP contribution in [0.5, 0.6) is 0 Å². The summed E-state index contributed by atoms with van der Waals surface area (Å²) in [4.78, 5) is 33.6. The van der Waals surface area contributed by atoms with E-state index in [0.29, 0.717) is 12.5 Å². The number of fused-ring (bicyclic) bond motifs is 3. The second-order valence-electron chi connectivity index (χ2n) is 8.27. The Morgan fingerprint density at radius 2 is 1.76 bits per heavy atom. The fraction of sp³-hybridized carbons (Fsp3) is 0.222. The Kier molecular flexibility index (Phi) is 5.42. The molecule has 6 heteroatoms. The van der Waals surface area contributed by atoms with Crippen molar-refractivity contribution in [2.45, 2.75) is 26.4 Å². The topological polar surface area (TPSA) is 64.4 Å². The Morgan fingerprint density at radius 3 is 2.52 bits per heavy atom. The number of hydrogen-bond donors (Lipinski definition) is 0. The lowest BCUT2D eigenvalue weighted by Crippen LogP contribution is -2.49. The maximum absolute atomic E-state index is 13.9. The van der Waals surface area contributed by atoms with Crippen molar-refractivity contribution in [2.75, 3.05) is 11.5 Å². The highest BCUT2D eigenvalue weighted by atomic mass is 16.5. The fourth-order valence-electron chi connectivity index (χ4n) is 4.62. The Balaban J connectivity index is 1.76. The monoisotopic (exact) mass is 439 g/mol. The van der Waals surface area contributed by atoms with Gasteiger partial charge in [-0.1, -0.05) is 72.3 Å². The van der Waals surface area contributed by atoms with Gasteiger partial charge in [-0.15, -0.1) is 0 Å². The minimum atomic E-state index is -1.01. The highest BCUT2D eigenvalue weighted by Gasteiger charge is 2.47. The number of ether oxygens (including phenoxy) is 1. The molecule has 3 aromatic carbocycles. The van der Waals surface area contributed by atoms with Crippen LogP contribution in [-0.2, 0) is 20.9 Å². The van der Waals surface area contributed by atoms with Crippen molar-refractivity contribution in [3.05, 3.63) is 95.6 Å². The molecular formula is C27H25N3O3. The van der Waals surface area contributed by atoms with Crippen molar-refractivity contribution < 1.29 is 14.3 Å². The van der Waals surface area contributed by atoms with Crippen molar-refractivity contribution in [2.24, 2.45) is 5.92 Å². The molecule has 0 radical (unpaired) electrons. The first kappa shape index (κ1) is 20.9. The van der Waals surface area contributed by atoms with E-state index in [1.165, 1.54) is 0 Å². The maximum atomic E-state index is 13.9. The average Bonchev–Trinajstić information content (AvgIpc) is 3.20. The SMILES string of the molecule is CCOC(=O)[C@@H]1C(=O)N(Cc2ccccc2)c2nc3ccccc3n2[C@H]1c1cccc(C)c1. The molecule has 1 aromatic heterocycles. The molecule has 0 saturated carbocycles. The van der Waals surface area contributed by atoms with Crippen LogP contribution in [0.15, 0.2) is 78.9 Å². The van der Waals surface area contributed by atoms with Crippen LogP contribution in [0.25, 0.3) is 11.0 Å². The number of hydrogen-bond acceptors (Lipinski definition) is 4. The van der Waals surface area contributed by atoms with Crippen LogP contribution >= 0.6 is 0 Å². The van der Waals surface area contributed by atoms with Crippen LogP contribution in [-0.4, -0.2) is 28.0 Å². The standard InChI is InChI=1S/C27H25N3O3/c1-3-33-26(32)23-24(20-13-9-10-18(2)16-20)30-22-15-8-7-14-21(22)28-27(30)29(25(23)31)17-19-11-5-4-6-12-19/h4-16,23-24H,3,17H2,1-2H3/t23-,24-/m0/s1. The molecule has 1 aliphatic heterocycles. The number of aromatic nitrogens is 2. The number of benzene rings is 3. The third-order valence-electron chi connectivity index (χ3n) is 6.05. The highest BCUT2D eigenvalue weighted by Crippen LogP contribution is 2.41. The fourth-order valence-corrected chi connectivity index (χ4v) is 4.62. The number of aryl methyl sites for hydroxylation is 1. The van der Waals surface area contributed by atoms with E-state index in [2.05, 4.69) is 0 Å². The first-order chi connectivity index (χ1) is 16.1. The van der Waals surface area contributed by atoms with E-state index in [9.17, 15) is 9.59 Å². The summed E-state index contributed by atoms with van der Waals surface area (Å²) in [7, 11) is 0. The predicted octanol–water partition coefficient (Wildman–Crippen LogP) is 4.66. The predicted molar refractivity (Wildman–Crippen MR) is 127 cm³/mol. The van der Waals surface area contributed by atoms with E-state index in [1.807, 2.05) is 90.4 Å². The van der Waals surface area contributed by atoms with Crippen LogP contribution in [0.1, 0.15) is 29.7 Å². The molecule has 166 valence electrons. The third kappa shape index (κ3) is 3.67. The zero-order valence-electron chi connectivity index (χ0n) is 18.6. The molecule has 0 spiro atoms. The van der Waals surface area contributed by atoms with Gasteiger partial charge in [0.2, 0.25) is 11.9 Å². The van der Waals surface area contributed by atoms with Crippen molar-refractivity contribution in [1.82, 2.24) is 9.55 Å². The van der Waals surface area contributed by atoms with Gasteiger partial charge >= 0.3 is 5.97 Å². The van der Waals surface area contributed by atoms with E-state index in [0.717, 1.165) is 27.7 Å². The van der Waals surface area contributed by atoms with Crippen molar-refractivity contribution in [3.8, 4) is 0 Å². The number of rotatable bonds is 5. The smallest absolute Gasteiger partial charge is 0.321 e. The number of para-hydroxylation sites is 2. The third-order valence-corrected chi connectivity index (χ3v) is 6.05. The normalized spacial score (nSPS) is 17.8. The second-order valence-corrected chi connectivity index (χ2v) is 8.27. The maximum Gasteiger partial charge on any atom is 0.321 e. The summed E-state index contributed by atoms with van der Waals surface area (Å²) in [5.74, 6) is -1.29. The first-order valence-electron chi connectivity index (χ1n) is 11.1. The van der Waals surface area contributed by atoms with Crippen LogP contribution in [0.2, 0.25) is 0 Å². The molecule has 0 fully saturated rings. The van der Waals surface area contributed by atoms with Crippen LogP contribution in [0, 0.1) is 12.8 Å². The lowest BCUT2D eigenvalue weighted by molar-refractivity contribution is -0.153. The zero-order valence-corrected chi connectivity index (χ0v) is 18.6. The Morgan fingerprint density at radius 1 is 1.00 bits per heavy atom. The summed E-state index contributed by atoms with van der Waals surface area (Å²) in [5.41, 5.74) is 4.55. The summed E-state index contributed by atoms with van der Waals surface area (Å²) in [6.07, 6.45) is 0. The molecule has 2 heterocycles. The van der Waals surface area contributed by atoms with Gasteiger partial charge in [-0.2, -0.15) is 0 Å². The van der Waals surface area contributed by atoms with Crippen LogP contribution in [0.4, 0.5) is 5.95 Å². The Hall–Kier alpha value is -3.93. The van der Waals surface area contributed by atoms with Gasteiger partial charge in [-0.25, -0.2) is 4.98 Å². The second kappa shape index (κ2) is 8.54. The van der Waals surface area contributed by atoms with E-state index in [4.69, 9.17) is 9.72 Å². The van der Waals surface area contributed by atoms with Crippen LogP contribution in [0.3, 0.4) is 0 Å².